The lowest BCUT2D eigenvalue weighted by molar-refractivity contribution is 0.263. The van der Waals surface area contributed by atoms with E-state index in [1.54, 1.807) is 0 Å². The Kier molecular flexibility index (Phi) is 5.62. The van der Waals surface area contributed by atoms with Gasteiger partial charge >= 0.3 is 0 Å². The maximum atomic E-state index is 8.93. The number of rotatable bonds is 6. The van der Waals surface area contributed by atoms with Gasteiger partial charge in [-0.3, -0.25) is 0 Å². The van der Waals surface area contributed by atoms with Crippen LogP contribution in [0.4, 0.5) is 0 Å². The quantitative estimate of drug-likeness (QED) is 0.704. The highest BCUT2D eigenvalue weighted by Gasteiger charge is 2.16. The van der Waals surface area contributed by atoms with Crippen LogP contribution in [0.5, 0.6) is 0 Å². The highest BCUT2D eigenvalue weighted by atomic mass is 16.3. The maximum Gasteiger partial charge on any atom is 0.0451 e. The first kappa shape index (κ1) is 14.2. The predicted octanol–water partition coefficient (Wildman–Crippen LogP) is 1.66. The van der Waals surface area contributed by atoms with E-state index in [4.69, 9.17) is 10.8 Å². The van der Waals surface area contributed by atoms with Crippen molar-refractivity contribution in [2.75, 3.05) is 13.2 Å². The molecule has 0 saturated heterocycles. The maximum absolute atomic E-state index is 8.93. The fraction of sp³-hybridized carbons (Fsp3) is 0.571. The van der Waals surface area contributed by atoms with E-state index in [0.717, 1.165) is 6.42 Å². The van der Waals surface area contributed by atoms with Crippen LogP contribution < -0.4 is 11.1 Å². The van der Waals surface area contributed by atoms with E-state index >= 15 is 0 Å². The van der Waals surface area contributed by atoms with E-state index in [2.05, 4.69) is 44.3 Å². The van der Waals surface area contributed by atoms with E-state index in [9.17, 15) is 0 Å². The molecule has 4 N–H and O–H groups in total. The molecule has 1 rings (SSSR count). The van der Waals surface area contributed by atoms with Gasteiger partial charge in [-0.2, -0.15) is 0 Å². The molecule has 0 bridgehead atoms. The minimum Gasteiger partial charge on any atom is -0.396 e. The smallest absolute Gasteiger partial charge is 0.0451 e. The monoisotopic (exact) mass is 236 g/mol. The number of nitrogens with two attached hydrogens (primary N) is 1. The molecule has 0 spiro atoms. The molecule has 96 valence electrons. The predicted molar refractivity (Wildman–Crippen MR) is 72.0 cm³/mol. The van der Waals surface area contributed by atoms with Gasteiger partial charge in [0.2, 0.25) is 0 Å². The fourth-order valence-electron chi connectivity index (χ4n) is 2.27. The fourth-order valence-corrected chi connectivity index (χ4v) is 2.27. The Labute approximate surface area is 104 Å². The summed E-state index contributed by atoms with van der Waals surface area (Å²) in [4.78, 5) is 0. The van der Waals surface area contributed by atoms with Crippen LogP contribution in [0.2, 0.25) is 0 Å². The van der Waals surface area contributed by atoms with E-state index in [1.165, 1.54) is 16.7 Å². The molecular weight excluding hydrogens is 212 g/mol. The zero-order valence-electron chi connectivity index (χ0n) is 11.0. The molecular formula is C14H24N2O. The van der Waals surface area contributed by atoms with Gasteiger partial charge < -0.3 is 16.2 Å². The van der Waals surface area contributed by atoms with Gasteiger partial charge in [0.15, 0.2) is 0 Å². The third kappa shape index (κ3) is 3.80. The van der Waals surface area contributed by atoms with Crippen LogP contribution in [0.3, 0.4) is 0 Å². The second kappa shape index (κ2) is 6.74. The second-order valence-electron chi connectivity index (χ2n) is 4.67. The van der Waals surface area contributed by atoms with Gasteiger partial charge in [-0.1, -0.05) is 18.2 Å². The van der Waals surface area contributed by atoms with Crippen LogP contribution in [-0.4, -0.2) is 24.3 Å². The summed E-state index contributed by atoms with van der Waals surface area (Å²) >= 11 is 0. The molecule has 1 aromatic carbocycles. The summed E-state index contributed by atoms with van der Waals surface area (Å²) in [5.41, 5.74) is 9.69. The Balaban J connectivity index is 2.86. The first-order valence-corrected chi connectivity index (χ1v) is 6.23. The highest BCUT2D eigenvalue weighted by molar-refractivity contribution is 5.36. The Morgan fingerprint density at radius 2 is 1.88 bits per heavy atom. The van der Waals surface area contributed by atoms with Gasteiger partial charge in [0.1, 0.15) is 0 Å². The van der Waals surface area contributed by atoms with Crippen LogP contribution >= 0.6 is 0 Å². The van der Waals surface area contributed by atoms with Crippen molar-refractivity contribution in [3.8, 4) is 0 Å². The zero-order chi connectivity index (χ0) is 12.8. The van der Waals surface area contributed by atoms with Gasteiger partial charge in [-0.25, -0.2) is 0 Å². The van der Waals surface area contributed by atoms with Crippen LogP contribution in [0, 0.1) is 13.8 Å². The molecule has 17 heavy (non-hydrogen) atoms. The molecule has 0 heterocycles. The summed E-state index contributed by atoms with van der Waals surface area (Å²) < 4.78 is 0. The molecule has 0 aliphatic heterocycles. The molecule has 2 unspecified atom stereocenters. The van der Waals surface area contributed by atoms with Gasteiger partial charge in [0.05, 0.1) is 0 Å². The normalized spacial score (nSPS) is 14.6. The third-order valence-electron chi connectivity index (χ3n) is 3.17. The summed E-state index contributed by atoms with van der Waals surface area (Å²) in [6.45, 7) is 7.08. The van der Waals surface area contributed by atoms with Crippen molar-refractivity contribution < 1.29 is 5.11 Å². The lowest BCUT2D eigenvalue weighted by Gasteiger charge is -2.25. The first-order chi connectivity index (χ1) is 8.10. The molecule has 0 aliphatic carbocycles. The van der Waals surface area contributed by atoms with Crippen molar-refractivity contribution in [3.63, 3.8) is 0 Å². The minimum atomic E-state index is 0.165. The Morgan fingerprint density at radius 1 is 1.29 bits per heavy atom. The van der Waals surface area contributed by atoms with Crippen LogP contribution in [0.15, 0.2) is 18.2 Å². The number of aliphatic hydroxyl groups is 1. The van der Waals surface area contributed by atoms with Crippen molar-refractivity contribution in [1.29, 1.82) is 0 Å². The molecule has 0 saturated carbocycles. The summed E-state index contributed by atoms with van der Waals surface area (Å²) in [6.07, 6.45) is 0.751. The highest BCUT2D eigenvalue weighted by Crippen LogP contribution is 2.21. The summed E-state index contributed by atoms with van der Waals surface area (Å²) in [7, 11) is 0. The number of nitrogens with one attached hydrogen (secondary N) is 1. The Bertz CT molecular complexity index is 332. The zero-order valence-corrected chi connectivity index (χ0v) is 11.0. The molecule has 3 nitrogen and oxygen atoms in total. The number of aliphatic hydroxyl groups excluding tert-OH is 1. The largest absolute Gasteiger partial charge is 0.396 e. The lowest BCUT2D eigenvalue weighted by atomic mass is 9.95. The lowest BCUT2D eigenvalue weighted by Crippen LogP contribution is -2.36. The minimum absolute atomic E-state index is 0.165. The van der Waals surface area contributed by atoms with Gasteiger partial charge in [-0.05, 0) is 43.9 Å². The van der Waals surface area contributed by atoms with Gasteiger partial charge in [-0.15, -0.1) is 0 Å². The summed E-state index contributed by atoms with van der Waals surface area (Å²) in [5, 5.41) is 12.4. The summed E-state index contributed by atoms with van der Waals surface area (Å²) in [6, 6.07) is 6.73. The molecule has 2 atom stereocenters. The van der Waals surface area contributed by atoms with Crippen molar-refractivity contribution in [2.45, 2.75) is 39.3 Å². The Hall–Kier alpha value is -0.900. The molecule has 0 aromatic heterocycles. The number of hydrogen-bond acceptors (Lipinski definition) is 3. The SMILES string of the molecule is Cc1cccc(C)c1C(CN)NC(C)CCO. The van der Waals surface area contributed by atoms with E-state index in [-0.39, 0.29) is 18.7 Å². The average Bonchev–Trinajstić information content (AvgIpc) is 2.27. The topological polar surface area (TPSA) is 58.3 Å². The van der Waals surface area contributed by atoms with E-state index < -0.39 is 0 Å². The third-order valence-corrected chi connectivity index (χ3v) is 3.17. The van der Waals surface area contributed by atoms with Crippen LogP contribution in [-0.2, 0) is 0 Å². The average molecular weight is 236 g/mol. The van der Waals surface area contributed by atoms with E-state index in [1.807, 2.05) is 0 Å². The molecule has 0 fully saturated rings. The molecule has 0 aliphatic rings. The van der Waals surface area contributed by atoms with Crippen molar-refractivity contribution in [2.24, 2.45) is 5.73 Å². The summed E-state index contributed by atoms with van der Waals surface area (Å²) in [5.74, 6) is 0. The van der Waals surface area contributed by atoms with Crippen molar-refractivity contribution >= 4 is 0 Å². The van der Waals surface area contributed by atoms with Gasteiger partial charge in [0, 0.05) is 25.2 Å². The Morgan fingerprint density at radius 3 is 2.35 bits per heavy atom. The second-order valence-corrected chi connectivity index (χ2v) is 4.67. The molecule has 1 aromatic rings. The standard InChI is InChI=1S/C14H24N2O/c1-10-5-4-6-11(2)14(10)13(9-15)16-12(3)7-8-17/h4-6,12-13,16-17H,7-9,15H2,1-3H3. The first-order valence-electron chi connectivity index (χ1n) is 6.23. The van der Waals surface area contributed by atoms with Crippen molar-refractivity contribution in [1.82, 2.24) is 5.32 Å². The van der Waals surface area contributed by atoms with Crippen molar-refractivity contribution in [3.05, 3.63) is 34.9 Å². The molecule has 0 amide bonds. The number of benzene rings is 1. The van der Waals surface area contributed by atoms with Crippen LogP contribution in [0.1, 0.15) is 36.1 Å². The molecule has 0 radical (unpaired) electrons. The molecule has 3 heteroatoms. The van der Waals surface area contributed by atoms with Crippen LogP contribution in [0.25, 0.3) is 0 Å². The van der Waals surface area contributed by atoms with Gasteiger partial charge in [0.25, 0.3) is 0 Å². The number of hydrogen-bond donors (Lipinski definition) is 3. The number of aryl methyl sites for hydroxylation is 2. The van der Waals surface area contributed by atoms with E-state index in [0.29, 0.717) is 6.54 Å².